The largest absolute Gasteiger partial charge is 0.302 e. The van der Waals surface area contributed by atoms with Crippen molar-refractivity contribution < 1.29 is 0 Å². The van der Waals surface area contributed by atoms with Crippen LogP contribution in [0.1, 0.15) is 29.4 Å². The lowest BCUT2D eigenvalue weighted by molar-refractivity contribution is 1.02. The molecule has 0 aliphatic rings. The van der Waals surface area contributed by atoms with E-state index in [-0.39, 0.29) is 11.1 Å². The van der Waals surface area contributed by atoms with E-state index in [1.54, 1.807) is 25.2 Å². The van der Waals surface area contributed by atoms with Gasteiger partial charge in [-0.3, -0.25) is 19.8 Å². The topological polar surface area (TPSA) is 97.3 Å². The Hall–Kier alpha value is -2.72. The number of allylic oxidation sites excluding steroid dienone is 2. The van der Waals surface area contributed by atoms with Crippen molar-refractivity contribution in [1.29, 1.82) is 0 Å². The van der Waals surface area contributed by atoms with Crippen LogP contribution in [0.4, 0.5) is 0 Å². The van der Waals surface area contributed by atoms with E-state index in [1.165, 1.54) is 0 Å². The number of hydrogen-bond donors (Lipinski definition) is 4. The van der Waals surface area contributed by atoms with Crippen molar-refractivity contribution in [2.75, 3.05) is 0 Å². The molecule has 0 amide bonds. The molecule has 4 N–H and O–H groups in total. The van der Waals surface area contributed by atoms with Crippen LogP contribution in [0.25, 0.3) is 12.2 Å². The number of rotatable bonds is 3. The van der Waals surface area contributed by atoms with Gasteiger partial charge in [0.1, 0.15) is 0 Å². The van der Waals surface area contributed by atoms with Gasteiger partial charge in [-0.1, -0.05) is 6.08 Å². The summed E-state index contributed by atoms with van der Waals surface area (Å²) >= 11 is 0. The highest BCUT2D eigenvalue weighted by atomic mass is 16.1. The lowest BCUT2D eigenvalue weighted by atomic mass is 10.2. The minimum atomic E-state index is -0.176. The number of aromatic nitrogens is 4. The molecule has 0 atom stereocenters. The molecule has 0 saturated carbocycles. The molecule has 20 heavy (non-hydrogen) atoms. The number of aromatic amines is 4. The summed E-state index contributed by atoms with van der Waals surface area (Å²) in [6.07, 6.45) is 5.12. The molecule has 0 spiro atoms. The molecule has 2 aromatic rings. The maximum Gasteiger partial charge on any atom is 0.272 e. The fraction of sp³-hybridized carbons (Fsp3) is 0.214. The lowest BCUT2D eigenvalue weighted by Gasteiger charge is -1.88. The first kappa shape index (κ1) is 13.7. The summed E-state index contributed by atoms with van der Waals surface area (Å²) in [6, 6.07) is 0. The van der Waals surface area contributed by atoms with Crippen LogP contribution in [0.2, 0.25) is 0 Å². The zero-order chi connectivity index (χ0) is 14.7. The average molecular weight is 272 g/mol. The Labute approximate surface area is 114 Å². The van der Waals surface area contributed by atoms with Crippen molar-refractivity contribution >= 4 is 12.2 Å². The second-order valence-electron chi connectivity index (χ2n) is 4.54. The fourth-order valence-corrected chi connectivity index (χ4v) is 1.73. The van der Waals surface area contributed by atoms with Crippen molar-refractivity contribution in [3.8, 4) is 0 Å². The smallest absolute Gasteiger partial charge is 0.272 e. The second-order valence-corrected chi connectivity index (χ2v) is 4.54. The zero-order valence-corrected chi connectivity index (χ0v) is 11.5. The molecule has 0 bridgehead atoms. The number of nitrogens with one attached hydrogen (secondary N) is 4. The Morgan fingerprint density at radius 3 is 2.00 bits per heavy atom. The molecule has 6 heteroatoms. The first-order chi connectivity index (χ1) is 9.49. The van der Waals surface area contributed by atoms with Crippen LogP contribution in [0.15, 0.2) is 27.0 Å². The highest BCUT2D eigenvalue weighted by Gasteiger charge is 2.01. The minimum absolute atomic E-state index is 0.159. The maximum atomic E-state index is 11.5. The summed E-state index contributed by atoms with van der Waals surface area (Å²) < 4.78 is 0. The third-order valence-electron chi connectivity index (χ3n) is 2.97. The molecule has 0 aliphatic heterocycles. The number of hydrogen-bond acceptors (Lipinski definition) is 2. The van der Waals surface area contributed by atoms with Gasteiger partial charge in [-0.05, 0) is 38.5 Å². The van der Waals surface area contributed by atoms with E-state index in [9.17, 15) is 9.59 Å². The molecule has 6 nitrogen and oxygen atoms in total. The predicted molar refractivity (Wildman–Crippen MR) is 78.5 cm³/mol. The van der Waals surface area contributed by atoms with E-state index in [4.69, 9.17) is 0 Å². The molecule has 0 aromatic carbocycles. The Morgan fingerprint density at radius 2 is 1.50 bits per heavy atom. The lowest BCUT2D eigenvalue weighted by Crippen LogP contribution is -2.01. The molecule has 2 heterocycles. The Bertz CT molecular complexity index is 820. The van der Waals surface area contributed by atoms with Gasteiger partial charge in [0, 0.05) is 11.4 Å². The first-order valence-corrected chi connectivity index (χ1v) is 6.15. The molecule has 104 valence electrons. The van der Waals surface area contributed by atoms with Gasteiger partial charge in [-0.25, -0.2) is 0 Å². The van der Waals surface area contributed by atoms with Gasteiger partial charge in [0.25, 0.3) is 11.1 Å². The first-order valence-electron chi connectivity index (χ1n) is 6.15. The fourth-order valence-electron chi connectivity index (χ4n) is 1.73. The highest BCUT2D eigenvalue weighted by Crippen LogP contribution is 2.04. The summed E-state index contributed by atoms with van der Waals surface area (Å²) in [7, 11) is 0. The molecule has 0 saturated heterocycles. The normalized spacial score (nSPS) is 10.8. The van der Waals surface area contributed by atoms with E-state index < -0.39 is 0 Å². The van der Waals surface area contributed by atoms with Gasteiger partial charge in [0.05, 0.1) is 11.1 Å². The molecule has 2 aromatic heterocycles. The van der Waals surface area contributed by atoms with E-state index in [0.717, 1.165) is 17.0 Å². The van der Waals surface area contributed by atoms with Crippen molar-refractivity contribution in [3.63, 3.8) is 0 Å². The summed E-state index contributed by atoms with van der Waals surface area (Å²) in [4.78, 5) is 22.9. The van der Waals surface area contributed by atoms with Crippen molar-refractivity contribution in [2.45, 2.75) is 20.8 Å². The van der Waals surface area contributed by atoms with Crippen LogP contribution >= 0.6 is 0 Å². The van der Waals surface area contributed by atoms with Crippen molar-refractivity contribution in [1.82, 2.24) is 20.4 Å². The van der Waals surface area contributed by atoms with Crippen LogP contribution in [-0.2, 0) is 0 Å². The molecule has 0 unspecified atom stereocenters. The maximum absolute atomic E-state index is 11.5. The monoisotopic (exact) mass is 272 g/mol. The van der Waals surface area contributed by atoms with E-state index in [2.05, 4.69) is 26.1 Å². The van der Waals surface area contributed by atoms with Crippen LogP contribution in [-0.4, -0.2) is 20.4 Å². The highest BCUT2D eigenvalue weighted by molar-refractivity contribution is 5.56. The van der Waals surface area contributed by atoms with Gasteiger partial charge in [0.15, 0.2) is 0 Å². The van der Waals surface area contributed by atoms with Crippen molar-refractivity contribution in [3.05, 3.63) is 60.6 Å². The van der Waals surface area contributed by atoms with Gasteiger partial charge >= 0.3 is 0 Å². The molecule has 0 aliphatic carbocycles. The summed E-state index contributed by atoms with van der Waals surface area (Å²) in [6.45, 7) is 5.47. The van der Waals surface area contributed by atoms with E-state index in [0.29, 0.717) is 11.1 Å². The molecule has 0 fully saturated rings. The Balaban J connectivity index is 2.29. The van der Waals surface area contributed by atoms with Crippen LogP contribution in [0, 0.1) is 13.8 Å². The van der Waals surface area contributed by atoms with Crippen LogP contribution in [0.5, 0.6) is 0 Å². The summed E-state index contributed by atoms with van der Waals surface area (Å²) in [5.74, 6) is 0. The number of H-pyrrole nitrogens is 4. The summed E-state index contributed by atoms with van der Waals surface area (Å²) in [5.41, 5.74) is 6.16. The van der Waals surface area contributed by atoms with Gasteiger partial charge in [-0.15, -0.1) is 5.73 Å². The van der Waals surface area contributed by atoms with Gasteiger partial charge in [0.2, 0.25) is 0 Å². The van der Waals surface area contributed by atoms with E-state index >= 15 is 0 Å². The molecular weight excluding hydrogens is 256 g/mol. The minimum Gasteiger partial charge on any atom is -0.302 e. The quantitative estimate of drug-likeness (QED) is 0.504. The standard InChI is InChI=1S/C14H16N4O2/c1-8(4-6-11-9(2)15-17-13(11)19)5-7-12-10(3)16-18-14(12)20/h4,6-7H,1-3H3,(H2,15,17,19)(H2,16,18,20). The van der Waals surface area contributed by atoms with Crippen molar-refractivity contribution in [2.24, 2.45) is 0 Å². The third-order valence-corrected chi connectivity index (χ3v) is 2.97. The second kappa shape index (κ2) is 5.50. The third kappa shape index (κ3) is 2.81. The Morgan fingerprint density at radius 1 is 0.950 bits per heavy atom. The molecular formula is C14H16N4O2. The average Bonchev–Trinajstić information content (AvgIpc) is 2.89. The van der Waals surface area contributed by atoms with Crippen LogP contribution in [0.3, 0.4) is 0 Å². The van der Waals surface area contributed by atoms with E-state index in [1.807, 2.05) is 13.8 Å². The zero-order valence-electron chi connectivity index (χ0n) is 11.5. The molecule has 0 radical (unpaired) electrons. The van der Waals surface area contributed by atoms with Gasteiger partial charge in [-0.2, -0.15) is 0 Å². The SMILES string of the molecule is CC(=C=Cc1c(C)[nH][nH]c1=O)C=Cc1c(C)[nH][nH]c1=O. The van der Waals surface area contributed by atoms with Crippen LogP contribution < -0.4 is 11.1 Å². The Kier molecular flexibility index (Phi) is 3.77. The van der Waals surface area contributed by atoms with Gasteiger partial charge < -0.3 is 10.2 Å². The predicted octanol–water partition coefficient (Wildman–Crippen LogP) is 1.61. The number of aryl methyl sites for hydroxylation is 2. The summed E-state index contributed by atoms with van der Waals surface area (Å²) in [5, 5.41) is 10.5. The molecule has 2 rings (SSSR count).